The molecule has 0 unspecified atom stereocenters. The van der Waals surface area contributed by atoms with E-state index in [1.165, 1.54) is 6.07 Å². The van der Waals surface area contributed by atoms with Crippen LogP contribution >= 0.6 is 0 Å². The maximum absolute atomic E-state index is 14.0. The van der Waals surface area contributed by atoms with E-state index in [0.29, 0.717) is 55.7 Å². The predicted molar refractivity (Wildman–Crippen MR) is 126 cm³/mol. The summed E-state index contributed by atoms with van der Waals surface area (Å²) in [6.45, 7) is 1.58. The summed E-state index contributed by atoms with van der Waals surface area (Å²) in [6, 6.07) is 19.5. The second-order valence-electron chi connectivity index (χ2n) is 8.92. The third-order valence-electron chi connectivity index (χ3n) is 6.62. The van der Waals surface area contributed by atoms with Crippen LogP contribution in [-0.2, 0) is 11.2 Å². The summed E-state index contributed by atoms with van der Waals surface area (Å²) in [5.74, 6) is -0.368. The first-order valence-electron chi connectivity index (χ1n) is 11.6. The molecule has 2 aliphatic rings. The zero-order valence-electron chi connectivity index (χ0n) is 18.8. The Morgan fingerprint density at radius 1 is 1.03 bits per heavy atom. The molecule has 3 aromatic rings. The van der Waals surface area contributed by atoms with Gasteiger partial charge in [0.25, 0.3) is 5.91 Å². The summed E-state index contributed by atoms with van der Waals surface area (Å²) in [4.78, 5) is 33.7. The third-order valence-corrected chi connectivity index (χ3v) is 6.62. The maximum atomic E-state index is 14.0. The molecule has 1 atom stereocenters. The topological polar surface area (TPSA) is 62.7 Å². The number of likely N-dealkylation sites (tertiary alicyclic amines) is 1. The van der Waals surface area contributed by atoms with Gasteiger partial charge in [-0.2, -0.15) is 0 Å². The lowest BCUT2D eigenvalue weighted by molar-refractivity contribution is 0.0438. The van der Waals surface area contributed by atoms with Gasteiger partial charge in [0.15, 0.2) is 0 Å². The van der Waals surface area contributed by atoms with Crippen LogP contribution in [0.3, 0.4) is 0 Å². The van der Waals surface area contributed by atoms with Crippen molar-refractivity contribution in [1.82, 2.24) is 9.88 Å². The highest BCUT2D eigenvalue weighted by molar-refractivity contribution is 5.94. The predicted octanol–water partition coefficient (Wildman–Crippen LogP) is 4.83. The van der Waals surface area contributed by atoms with E-state index in [9.17, 15) is 14.0 Å². The Morgan fingerprint density at radius 3 is 2.65 bits per heavy atom. The van der Waals surface area contributed by atoms with Gasteiger partial charge in [-0.1, -0.05) is 36.4 Å². The summed E-state index contributed by atoms with van der Waals surface area (Å²) >= 11 is 0. The number of nitrogens with zero attached hydrogens (tertiary/aromatic N) is 3. The number of hydrogen-bond acceptors (Lipinski definition) is 4. The smallest absolute Gasteiger partial charge is 0.415 e. The highest BCUT2D eigenvalue weighted by Crippen LogP contribution is 2.36. The molecule has 1 spiro atoms. The number of hydrogen-bond donors (Lipinski definition) is 0. The molecule has 34 heavy (non-hydrogen) atoms. The zero-order valence-corrected chi connectivity index (χ0v) is 18.8. The number of rotatable bonds is 4. The first-order valence-corrected chi connectivity index (χ1v) is 11.6. The largest absolute Gasteiger partial charge is 0.441 e. The van der Waals surface area contributed by atoms with Crippen LogP contribution in [0.25, 0.3) is 0 Å². The van der Waals surface area contributed by atoms with Crippen LogP contribution in [0.1, 0.15) is 40.9 Å². The quantitative estimate of drug-likeness (QED) is 0.561. The molecule has 0 N–H and O–H groups in total. The number of aromatic nitrogens is 1. The normalized spacial score (nSPS) is 20.3. The van der Waals surface area contributed by atoms with E-state index in [0.717, 1.165) is 12.1 Å². The molecule has 0 radical (unpaired) electrons. The van der Waals surface area contributed by atoms with Crippen molar-refractivity contribution in [3.05, 3.63) is 95.6 Å². The van der Waals surface area contributed by atoms with Crippen LogP contribution in [-0.4, -0.2) is 47.1 Å². The number of ether oxygens (including phenoxy) is 1. The molecule has 1 aromatic heterocycles. The highest BCUT2D eigenvalue weighted by Gasteiger charge is 2.46. The number of carbonyl (C=O) groups excluding carboxylic acids is 2. The van der Waals surface area contributed by atoms with Crippen LogP contribution in [0.15, 0.2) is 72.9 Å². The molecule has 0 saturated carbocycles. The van der Waals surface area contributed by atoms with Crippen molar-refractivity contribution in [2.45, 2.75) is 31.3 Å². The molecular weight excluding hydrogens is 433 g/mol. The van der Waals surface area contributed by atoms with Gasteiger partial charge >= 0.3 is 6.09 Å². The van der Waals surface area contributed by atoms with E-state index in [2.05, 4.69) is 4.98 Å². The van der Waals surface area contributed by atoms with Gasteiger partial charge in [0, 0.05) is 49.1 Å². The lowest BCUT2D eigenvalue weighted by atomic mass is 9.95. The van der Waals surface area contributed by atoms with Gasteiger partial charge in [0.1, 0.15) is 11.4 Å². The number of para-hydroxylation sites is 1. The molecule has 2 fully saturated rings. The van der Waals surface area contributed by atoms with E-state index >= 15 is 0 Å². The minimum atomic E-state index is -0.587. The Labute approximate surface area is 198 Å². The molecule has 0 aliphatic carbocycles. The summed E-state index contributed by atoms with van der Waals surface area (Å²) in [7, 11) is 0. The van der Waals surface area contributed by atoms with Crippen LogP contribution in [0.4, 0.5) is 14.9 Å². The van der Waals surface area contributed by atoms with Crippen LogP contribution in [0, 0.1) is 5.82 Å². The first-order chi connectivity index (χ1) is 16.5. The molecule has 2 amide bonds. The SMILES string of the molecule is O=C(c1ccnc(Cc2ccccc2F)c1)N1CCC[C@]2(CC1)CN(c1ccccc1)C(=O)O2. The summed E-state index contributed by atoms with van der Waals surface area (Å²) in [5, 5.41) is 0. The van der Waals surface area contributed by atoms with Gasteiger partial charge in [-0.15, -0.1) is 0 Å². The summed E-state index contributed by atoms with van der Waals surface area (Å²) in [6.07, 6.45) is 3.62. The van der Waals surface area contributed by atoms with E-state index in [-0.39, 0.29) is 17.8 Å². The molecule has 6 nitrogen and oxygen atoms in total. The van der Waals surface area contributed by atoms with Crippen molar-refractivity contribution in [3.8, 4) is 0 Å². The molecule has 2 aliphatic heterocycles. The Hall–Kier alpha value is -3.74. The lowest BCUT2D eigenvalue weighted by Gasteiger charge is -2.25. The zero-order chi connectivity index (χ0) is 23.5. The summed E-state index contributed by atoms with van der Waals surface area (Å²) in [5.41, 5.74) is 1.95. The standard InChI is InChI=1S/C27H26FN3O3/c28-24-10-5-4-7-20(24)17-22-18-21(11-14-29-22)25(32)30-15-6-12-27(13-16-30)19-31(26(33)34-27)23-8-2-1-3-9-23/h1-5,7-11,14,18H,6,12-13,15-17,19H2/t27-/m0/s1. The van der Waals surface area contributed by atoms with Crippen molar-refractivity contribution < 1.29 is 18.7 Å². The fourth-order valence-electron chi connectivity index (χ4n) is 4.79. The molecule has 7 heteroatoms. The van der Waals surface area contributed by atoms with E-state index < -0.39 is 5.60 Å². The van der Waals surface area contributed by atoms with Crippen LogP contribution in [0.5, 0.6) is 0 Å². The number of carbonyl (C=O) groups is 2. The van der Waals surface area contributed by atoms with Gasteiger partial charge < -0.3 is 9.64 Å². The van der Waals surface area contributed by atoms with Gasteiger partial charge in [0.05, 0.1) is 6.54 Å². The average Bonchev–Trinajstić information content (AvgIpc) is 3.04. The minimum absolute atomic E-state index is 0.0847. The fraction of sp³-hybridized carbons (Fsp3) is 0.296. The number of anilines is 1. The molecule has 2 saturated heterocycles. The monoisotopic (exact) mass is 459 g/mol. The first kappa shape index (κ1) is 22.1. The molecule has 174 valence electrons. The lowest BCUT2D eigenvalue weighted by Crippen LogP contribution is -2.37. The maximum Gasteiger partial charge on any atom is 0.415 e. The number of pyridine rings is 1. The van der Waals surface area contributed by atoms with Crippen molar-refractivity contribution >= 4 is 17.7 Å². The van der Waals surface area contributed by atoms with Gasteiger partial charge in [0.2, 0.25) is 0 Å². The Morgan fingerprint density at radius 2 is 1.82 bits per heavy atom. The van der Waals surface area contributed by atoms with E-state index in [4.69, 9.17) is 4.74 Å². The van der Waals surface area contributed by atoms with Crippen molar-refractivity contribution in [2.75, 3.05) is 24.5 Å². The van der Waals surface area contributed by atoms with Crippen LogP contribution in [0.2, 0.25) is 0 Å². The second-order valence-corrected chi connectivity index (χ2v) is 8.92. The molecule has 2 aromatic carbocycles. The molecule has 0 bridgehead atoms. The number of halogens is 1. The minimum Gasteiger partial charge on any atom is -0.441 e. The Kier molecular flexibility index (Phi) is 6.01. The second kappa shape index (κ2) is 9.25. The molecular formula is C27H26FN3O3. The Balaban J connectivity index is 1.27. The molecule has 5 rings (SSSR count). The summed E-state index contributed by atoms with van der Waals surface area (Å²) < 4.78 is 19.9. The fourth-order valence-corrected chi connectivity index (χ4v) is 4.79. The third kappa shape index (κ3) is 4.51. The Bertz CT molecular complexity index is 1200. The average molecular weight is 460 g/mol. The van der Waals surface area contributed by atoms with Crippen LogP contribution < -0.4 is 4.90 Å². The van der Waals surface area contributed by atoms with Gasteiger partial charge in [-0.05, 0) is 48.7 Å². The number of benzene rings is 2. The van der Waals surface area contributed by atoms with Crippen molar-refractivity contribution in [1.29, 1.82) is 0 Å². The highest BCUT2D eigenvalue weighted by atomic mass is 19.1. The van der Waals surface area contributed by atoms with Crippen molar-refractivity contribution in [3.63, 3.8) is 0 Å². The van der Waals surface area contributed by atoms with Crippen molar-refractivity contribution in [2.24, 2.45) is 0 Å². The van der Waals surface area contributed by atoms with E-state index in [1.54, 1.807) is 41.4 Å². The van der Waals surface area contributed by atoms with Gasteiger partial charge in [-0.25, -0.2) is 9.18 Å². The van der Waals surface area contributed by atoms with Gasteiger partial charge in [-0.3, -0.25) is 14.7 Å². The number of amides is 2. The molecule has 3 heterocycles. The van der Waals surface area contributed by atoms with E-state index in [1.807, 2.05) is 35.2 Å².